The van der Waals surface area contributed by atoms with E-state index >= 15 is 0 Å². The Kier molecular flexibility index (Phi) is 9.17. The highest BCUT2D eigenvalue weighted by molar-refractivity contribution is 9.49. The molecule has 0 bridgehead atoms. The van der Waals surface area contributed by atoms with Crippen LogP contribution in [0.15, 0.2) is 0 Å². The van der Waals surface area contributed by atoms with E-state index in [1.54, 1.807) is 0 Å². The van der Waals surface area contributed by atoms with Crippen molar-refractivity contribution in [1.29, 1.82) is 0 Å². The average molecular weight is 402 g/mol. The van der Waals surface area contributed by atoms with E-state index in [2.05, 4.69) is 56.2 Å². The van der Waals surface area contributed by atoms with Crippen LogP contribution in [0.2, 0.25) is 10.6 Å². The number of hydrogen-bond acceptors (Lipinski definition) is 0. The zero-order chi connectivity index (χ0) is 6.57. The van der Waals surface area contributed by atoms with E-state index < -0.39 is 21.0 Å². The number of hydrogen-bond donors (Lipinski definition) is 0. The molecular formula is C2H4Al2Br4. The molecule has 0 fully saturated rings. The molecule has 0 heterocycles. The van der Waals surface area contributed by atoms with Gasteiger partial charge in [-0.2, -0.15) is 56.2 Å². The van der Waals surface area contributed by atoms with Gasteiger partial charge in [0.05, 0.1) is 0 Å². The molecule has 0 unspecified atom stereocenters. The van der Waals surface area contributed by atoms with Crippen molar-refractivity contribution >= 4 is 77.2 Å². The molecule has 0 aromatic rings. The van der Waals surface area contributed by atoms with Crippen molar-refractivity contribution in [2.45, 2.75) is 10.6 Å². The zero-order valence-electron chi connectivity index (χ0n) is 4.08. The summed E-state index contributed by atoms with van der Waals surface area (Å²) in [5, 5.41) is 2.65. The second-order valence-electron chi connectivity index (χ2n) is 1.36. The van der Waals surface area contributed by atoms with Crippen molar-refractivity contribution in [2.24, 2.45) is 0 Å². The lowest BCUT2D eigenvalue weighted by Gasteiger charge is -1.91. The van der Waals surface area contributed by atoms with Crippen molar-refractivity contribution in [3.05, 3.63) is 0 Å². The first kappa shape index (κ1) is 11.0. The molecule has 0 saturated heterocycles. The quantitative estimate of drug-likeness (QED) is 0.635. The van der Waals surface area contributed by atoms with Crippen LogP contribution in [-0.4, -0.2) is 21.0 Å². The van der Waals surface area contributed by atoms with Gasteiger partial charge < -0.3 is 0 Å². The number of rotatable bonds is 3. The molecule has 0 aromatic carbocycles. The largest absolute Gasteiger partial charge is 0.455 e. The first-order valence-corrected chi connectivity index (χ1v) is 16.6. The molecule has 6 heteroatoms. The third-order valence-electron chi connectivity index (χ3n) is 0.603. The van der Waals surface area contributed by atoms with Crippen LogP contribution in [0.3, 0.4) is 0 Å². The molecule has 8 heavy (non-hydrogen) atoms. The molecule has 0 nitrogen and oxygen atoms in total. The fraction of sp³-hybridized carbons (Fsp3) is 1.00. The summed E-state index contributed by atoms with van der Waals surface area (Å²) in [6.07, 6.45) is 0. The molecule has 0 spiro atoms. The summed E-state index contributed by atoms with van der Waals surface area (Å²) in [5.74, 6) is 0. The Morgan fingerprint density at radius 2 is 1.00 bits per heavy atom. The van der Waals surface area contributed by atoms with Crippen LogP contribution in [0, 0.1) is 0 Å². The molecule has 0 atom stereocenters. The average Bonchev–Trinajstić information content (AvgIpc) is 1.61. The lowest BCUT2D eigenvalue weighted by molar-refractivity contribution is 1.45. The maximum absolute atomic E-state index is 3.54. The predicted molar refractivity (Wildman–Crippen MR) is 56.8 cm³/mol. The summed E-state index contributed by atoms with van der Waals surface area (Å²) in [7, 11) is -1.25. The van der Waals surface area contributed by atoms with Gasteiger partial charge in [-0.3, -0.25) is 0 Å². The van der Waals surface area contributed by atoms with Crippen LogP contribution in [0.1, 0.15) is 0 Å². The highest BCUT2D eigenvalue weighted by Crippen LogP contribution is 2.18. The minimum Gasteiger partial charge on any atom is -0.197 e. The van der Waals surface area contributed by atoms with Crippen molar-refractivity contribution in [3.8, 4) is 0 Å². The van der Waals surface area contributed by atoms with Gasteiger partial charge in [0.2, 0.25) is 0 Å². The van der Waals surface area contributed by atoms with Gasteiger partial charge in [0, 0.05) is 0 Å². The van der Waals surface area contributed by atoms with Gasteiger partial charge in [0.25, 0.3) is 0 Å². The SMILES string of the molecule is [Br][Al]([Br])[CH2][CH2][Al]([Br])[Br]. The van der Waals surface area contributed by atoms with Crippen molar-refractivity contribution in [2.75, 3.05) is 0 Å². The molecule has 0 amide bonds. The van der Waals surface area contributed by atoms with E-state index in [0.717, 1.165) is 0 Å². The van der Waals surface area contributed by atoms with Gasteiger partial charge in [-0.15, -0.1) is 0 Å². The van der Waals surface area contributed by atoms with Gasteiger partial charge in [-0.25, -0.2) is 0 Å². The highest BCUT2D eigenvalue weighted by atomic mass is 79.9. The summed E-state index contributed by atoms with van der Waals surface area (Å²) in [4.78, 5) is 0. The molecule has 0 aliphatic rings. The summed E-state index contributed by atoms with van der Waals surface area (Å²) < 4.78 is 0. The third kappa shape index (κ3) is 8.98. The molecule has 0 aliphatic carbocycles. The first-order valence-electron chi connectivity index (χ1n) is 2.19. The normalized spacial score (nSPS) is 9.00. The second kappa shape index (κ2) is 6.68. The Morgan fingerprint density at radius 3 is 1.12 bits per heavy atom. The predicted octanol–water partition coefficient (Wildman–Crippen LogP) is 3.54. The highest BCUT2D eigenvalue weighted by Gasteiger charge is 2.14. The van der Waals surface area contributed by atoms with E-state index in [-0.39, 0.29) is 0 Å². The first-order chi connectivity index (χ1) is 3.63. The lowest BCUT2D eigenvalue weighted by atomic mass is 10.9. The van der Waals surface area contributed by atoms with Gasteiger partial charge in [0.1, 0.15) is 0 Å². The van der Waals surface area contributed by atoms with Crippen LogP contribution >= 0.6 is 56.2 Å². The fourth-order valence-corrected chi connectivity index (χ4v) is 11.8. The van der Waals surface area contributed by atoms with Crippen LogP contribution in [-0.2, 0) is 0 Å². The Morgan fingerprint density at radius 1 is 0.750 bits per heavy atom. The van der Waals surface area contributed by atoms with Crippen LogP contribution in [0.5, 0.6) is 0 Å². The topological polar surface area (TPSA) is 0 Å². The fourth-order valence-electron chi connectivity index (χ4n) is 0.252. The standard InChI is InChI=1S/C2H4.2Al.4BrH/c1-2;;;;;;/h1-2H2;;;4*1H/q;2*+2;;;;/p-4. The van der Waals surface area contributed by atoms with Crippen molar-refractivity contribution in [3.63, 3.8) is 0 Å². The summed E-state index contributed by atoms with van der Waals surface area (Å²) in [5.41, 5.74) is 0. The van der Waals surface area contributed by atoms with E-state index in [0.29, 0.717) is 0 Å². The maximum Gasteiger partial charge on any atom is 0.455 e. The Labute approximate surface area is 86.2 Å². The van der Waals surface area contributed by atoms with Crippen LogP contribution in [0.4, 0.5) is 0 Å². The van der Waals surface area contributed by atoms with Gasteiger partial charge in [-0.1, -0.05) is 10.6 Å². The number of halogens is 4. The monoisotopic (exact) mass is 398 g/mol. The molecule has 0 aromatic heterocycles. The Balaban J connectivity index is 2.93. The van der Waals surface area contributed by atoms with Crippen LogP contribution < -0.4 is 0 Å². The molecule has 0 N–H and O–H groups in total. The van der Waals surface area contributed by atoms with E-state index in [1.165, 1.54) is 10.6 Å². The van der Waals surface area contributed by atoms with Gasteiger partial charge in [0.15, 0.2) is 0 Å². The van der Waals surface area contributed by atoms with Crippen LogP contribution in [0.25, 0.3) is 0 Å². The van der Waals surface area contributed by atoms with E-state index in [4.69, 9.17) is 0 Å². The van der Waals surface area contributed by atoms with E-state index in [1.807, 2.05) is 0 Å². The molecular weight excluding hydrogens is 398 g/mol. The Hall–Kier alpha value is 2.98. The third-order valence-corrected chi connectivity index (χ3v) is 8.30. The molecule has 46 valence electrons. The smallest absolute Gasteiger partial charge is 0.197 e. The lowest BCUT2D eigenvalue weighted by Crippen LogP contribution is -1.95. The summed E-state index contributed by atoms with van der Waals surface area (Å²) >= 11 is 14.2. The summed E-state index contributed by atoms with van der Waals surface area (Å²) in [6, 6.07) is 0. The van der Waals surface area contributed by atoms with Crippen molar-refractivity contribution in [1.82, 2.24) is 0 Å². The molecule has 0 aliphatic heterocycles. The van der Waals surface area contributed by atoms with Crippen molar-refractivity contribution < 1.29 is 0 Å². The minimum absolute atomic E-state index is 0.627. The minimum atomic E-state index is -0.627. The second-order valence-corrected chi connectivity index (χ2v) is 24.7. The molecule has 0 saturated carbocycles. The van der Waals surface area contributed by atoms with E-state index in [9.17, 15) is 0 Å². The molecule has 0 rings (SSSR count). The summed E-state index contributed by atoms with van der Waals surface area (Å²) in [6.45, 7) is 0. The Bertz CT molecular complexity index is 48.0. The van der Waals surface area contributed by atoms with Gasteiger partial charge >= 0.3 is 21.0 Å². The zero-order valence-corrected chi connectivity index (χ0v) is 12.7. The molecule has 0 radical (unpaired) electrons. The van der Waals surface area contributed by atoms with Gasteiger partial charge in [-0.05, 0) is 0 Å². The maximum atomic E-state index is 3.54.